The second kappa shape index (κ2) is 6.26. The van der Waals surface area contributed by atoms with Crippen molar-refractivity contribution in [3.63, 3.8) is 0 Å². The van der Waals surface area contributed by atoms with Crippen LogP contribution in [0.25, 0.3) is 21.7 Å². The molecule has 2 aromatic heterocycles. The fourth-order valence-electron chi connectivity index (χ4n) is 5.39. The first-order chi connectivity index (χ1) is 14.6. The molecular weight excluding hydrogens is 378 g/mol. The van der Waals surface area contributed by atoms with Crippen LogP contribution in [0, 0.1) is 5.41 Å². The van der Waals surface area contributed by atoms with Crippen molar-refractivity contribution in [3.05, 3.63) is 70.3 Å². The van der Waals surface area contributed by atoms with Gasteiger partial charge in [-0.05, 0) is 49.3 Å². The Hall–Kier alpha value is -3.48. The molecule has 7 heteroatoms. The number of nitrogens with one attached hydrogen (secondary N) is 3. The lowest BCUT2D eigenvalue weighted by Gasteiger charge is -2.57. The van der Waals surface area contributed by atoms with Crippen LogP contribution in [-0.4, -0.2) is 32.3 Å². The molecule has 0 saturated heterocycles. The Balaban J connectivity index is 1.11. The lowest BCUT2D eigenvalue weighted by Crippen LogP contribution is -2.55. The summed E-state index contributed by atoms with van der Waals surface area (Å²) in [5, 5.41) is 19.8. The smallest absolute Gasteiger partial charge is 0.272 e. The summed E-state index contributed by atoms with van der Waals surface area (Å²) in [5.74, 6) is 0.335. The molecule has 2 aliphatic carbocycles. The Morgan fingerprint density at radius 1 is 1.03 bits per heavy atom. The zero-order valence-electron chi connectivity index (χ0n) is 16.3. The Labute approximate surface area is 171 Å². The van der Waals surface area contributed by atoms with Gasteiger partial charge in [0.15, 0.2) is 0 Å². The lowest BCUT2D eigenvalue weighted by molar-refractivity contribution is -0.0196. The number of rotatable bonds is 3. The third kappa shape index (κ3) is 2.65. The second-order valence-corrected chi connectivity index (χ2v) is 8.84. The van der Waals surface area contributed by atoms with Crippen LogP contribution in [0.3, 0.4) is 0 Å². The first kappa shape index (κ1) is 17.4. The van der Waals surface area contributed by atoms with E-state index in [9.17, 15) is 9.59 Å². The number of hydrogen-bond acceptors (Lipinski definition) is 4. The number of hydrogen-bond donors (Lipinski definition) is 3. The van der Waals surface area contributed by atoms with E-state index in [1.165, 1.54) is 0 Å². The maximum Gasteiger partial charge on any atom is 0.272 e. The monoisotopic (exact) mass is 399 g/mol. The molecule has 6 rings (SSSR count). The molecular formula is C23H21N5O2. The molecule has 0 aliphatic heterocycles. The van der Waals surface area contributed by atoms with Gasteiger partial charge in [0.1, 0.15) is 0 Å². The van der Waals surface area contributed by atoms with Crippen molar-refractivity contribution in [1.82, 2.24) is 25.7 Å². The Bertz CT molecular complexity index is 1340. The minimum atomic E-state index is -0.136. The molecule has 0 radical (unpaired) electrons. The normalized spacial score (nSPS) is 25.2. The number of carbonyl (C=O) groups excluding carboxylic acids is 1. The Kier molecular flexibility index (Phi) is 3.63. The molecule has 3 N–H and O–H groups in total. The van der Waals surface area contributed by atoms with Crippen molar-refractivity contribution < 1.29 is 4.79 Å². The topological polar surface area (TPSA) is 104 Å². The largest absolute Gasteiger partial charge is 0.349 e. The first-order valence-corrected chi connectivity index (χ1v) is 10.3. The molecule has 2 fully saturated rings. The van der Waals surface area contributed by atoms with Crippen LogP contribution in [0.2, 0.25) is 0 Å². The third-order valence-corrected chi connectivity index (χ3v) is 6.87. The maximum atomic E-state index is 12.6. The lowest BCUT2D eigenvalue weighted by atomic mass is 9.49. The van der Waals surface area contributed by atoms with E-state index < -0.39 is 0 Å². The molecule has 2 aromatic carbocycles. The van der Waals surface area contributed by atoms with Crippen molar-refractivity contribution in [2.24, 2.45) is 5.41 Å². The van der Waals surface area contributed by atoms with Gasteiger partial charge in [0.25, 0.3) is 11.5 Å². The summed E-state index contributed by atoms with van der Waals surface area (Å²) in [7, 11) is 0. The highest BCUT2D eigenvalue weighted by Gasteiger charge is 2.54. The van der Waals surface area contributed by atoms with Crippen LogP contribution in [0.4, 0.5) is 0 Å². The van der Waals surface area contributed by atoms with Gasteiger partial charge < -0.3 is 5.32 Å². The van der Waals surface area contributed by atoms with E-state index in [0.717, 1.165) is 47.7 Å². The average Bonchev–Trinajstić information content (AvgIpc) is 3.17. The molecule has 2 heterocycles. The van der Waals surface area contributed by atoms with Gasteiger partial charge in [-0.15, -0.1) is 0 Å². The van der Waals surface area contributed by atoms with Crippen LogP contribution in [0.15, 0.2) is 53.5 Å². The molecule has 2 aliphatic rings. The quantitative estimate of drug-likeness (QED) is 0.492. The summed E-state index contributed by atoms with van der Waals surface area (Å²) < 4.78 is 0. The predicted molar refractivity (Wildman–Crippen MR) is 113 cm³/mol. The predicted octanol–water partition coefficient (Wildman–Crippen LogP) is 3.26. The number of aromatic amines is 2. The SMILES string of the molecule is O=C(N[C@H]1CC2(C1)C[C@H](c1n[nH]c(=O)c3ccccc31)C2)c1ccc2cn[nH]c2c1. The van der Waals surface area contributed by atoms with Crippen LogP contribution < -0.4 is 10.9 Å². The zero-order chi connectivity index (χ0) is 20.3. The zero-order valence-corrected chi connectivity index (χ0v) is 16.3. The standard InChI is InChI=1S/C23H21N5O2/c29-21(13-5-6-14-12-24-26-19(14)7-13)25-16-10-23(11-16)8-15(9-23)20-17-3-1-2-4-18(17)22(30)28-27-20/h1-7,12,15-16H,8-11H2,(H,24,26)(H,25,29)(H,28,30)/t15-,16-,23?. The Morgan fingerprint density at radius 2 is 1.83 bits per heavy atom. The van der Waals surface area contributed by atoms with Crippen LogP contribution >= 0.6 is 0 Å². The molecule has 150 valence electrons. The molecule has 30 heavy (non-hydrogen) atoms. The fourth-order valence-corrected chi connectivity index (χ4v) is 5.39. The van der Waals surface area contributed by atoms with E-state index in [0.29, 0.717) is 22.3 Å². The number of nitrogens with zero attached hydrogens (tertiary/aromatic N) is 2. The van der Waals surface area contributed by atoms with Gasteiger partial charge in [-0.25, -0.2) is 5.10 Å². The molecule has 1 amide bonds. The van der Waals surface area contributed by atoms with Gasteiger partial charge in [0, 0.05) is 28.3 Å². The van der Waals surface area contributed by atoms with Gasteiger partial charge in [0.05, 0.1) is 22.8 Å². The van der Waals surface area contributed by atoms with Crippen molar-refractivity contribution >= 4 is 27.6 Å². The van der Waals surface area contributed by atoms with Crippen LogP contribution in [0.1, 0.15) is 47.7 Å². The molecule has 0 unspecified atom stereocenters. The minimum Gasteiger partial charge on any atom is -0.349 e. The highest BCUT2D eigenvalue weighted by atomic mass is 16.1. The number of carbonyl (C=O) groups is 1. The number of fused-ring (bicyclic) bond motifs is 2. The van der Waals surface area contributed by atoms with E-state index in [1.54, 1.807) is 6.20 Å². The molecule has 2 saturated carbocycles. The van der Waals surface area contributed by atoms with Crippen molar-refractivity contribution in [3.8, 4) is 0 Å². The van der Waals surface area contributed by atoms with Crippen molar-refractivity contribution in [2.75, 3.05) is 0 Å². The number of H-pyrrole nitrogens is 2. The van der Waals surface area contributed by atoms with E-state index in [1.807, 2.05) is 42.5 Å². The summed E-state index contributed by atoms with van der Waals surface area (Å²) in [6, 6.07) is 13.5. The summed E-state index contributed by atoms with van der Waals surface area (Å²) in [5.41, 5.74) is 2.69. The highest BCUT2D eigenvalue weighted by molar-refractivity contribution is 5.97. The number of aromatic nitrogens is 4. The van der Waals surface area contributed by atoms with Gasteiger partial charge in [-0.3, -0.25) is 14.7 Å². The third-order valence-electron chi connectivity index (χ3n) is 6.87. The van der Waals surface area contributed by atoms with Crippen molar-refractivity contribution in [2.45, 2.75) is 37.6 Å². The van der Waals surface area contributed by atoms with Gasteiger partial charge >= 0.3 is 0 Å². The van der Waals surface area contributed by atoms with E-state index in [-0.39, 0.29) is 17.5 Å². The molecule has 4 aromatic rings. The molecule has 0 bridgehead atoms. The minimum absolute atomic E-state index is 0.0319. The molecule has 0 atom stereocenters. The molecule has 1 spiro atoms. The van der Waals surface area contributed by atoms with Crippen molar-refractivity contribution in [1.29, 1.82) is 0 Å². The Morgan fingerprint density at radius 3 is 2.67 bits per heavy atom. The average molecular weight is 399 g/mol. The summed E-state index contributed by atoms with van der Waals surface area (Å²) in [4.78, 5) is 24.6. The van der Waals surface area contributed by atoms with Gasteiger partial charge in [0.2, 0.25) is 0 Å². The number of amides is 1. The number of benzene rings is 2. The van der Waals surface area contributed by atoms with E-state index in [4.69, 9.17) is 0 Å². The molecule has 7 nitrogen and oxygen atoms in total. The first-order valence-electron chi connectivity index (χ1n) is 10.3. The summed E-state index contributed by atoms with van der Waals surface area (Å²) in [6.45, 7) is 0. The summed E-state index contributed by atoms with van der Waals surface area (Å²) >= 11 is 0. The highest BCUT2D eigenvalue weighted by Crippen LogP contribution is 2.62. The van der Waals surface area contributed by atoms with E-state index >= 15 is 0 Å². The van der Waals surface area contributed by atoms with Gasteiger partial charge in [-0.1, -0.05) is 24.3 Å². The van der Waals surface area contributed by atoms with Crippen LogP contribution in [0.5, 0.6) is 0 Å². The summed E-state index contributed by atoms with van der Waals surface area (Å²) in [6.07, 6.45) is 5.87. The van der Waals surface area contributed by atoms with Gasteiger partial charge in [-0.2, -0.15) is 10.2 Å². The maximum absolute atomic E-state index is 12.6. The fraction of sp³-hybridized carbons (Fsp3) is 0.304. The van der Waals surface area contributed by atoms with E-state index in [2.05, 4.69) is 25.7 Å². The van der Waals surface area contributed by atoms with Crippen LogP contribution in [-0.2, 0) is 0 Å². The second-order valence-electron chi connectivity index (χ2n) is 8.84.